The van der Waals surface area contributed by atoms with Crippen molar-refractivity contribution in [2.75, 3.05) is 5.32 Å². The number of hydrogen-bond donors (Lipinski definition) is 1. The van der Waals surface area contributed by atoms with Crippen LogP contribution >= 0.6 is 39.1 Å². The van der Waals surface area contributed by atoms with E-state index < -0.39 is 5.91 Å². The molecule has 0 bridgehead atoms. The van der Waals surface area contributed by atoms with Gasteiger partial charge in [-0.1, -0.05) is 69.0 Å². The Balaban J connectivity index is 1.76. The van der Waals surface area contributed by atoms with Crippen LogP contribution in [0, 0.1) is 18.3 Å². The number of halogens is 3. The Morgan fingerprint density at radius 1 is 1.13 bits per heavy atom. The first-order valence-electron chi connectivity index (χ1n) is 9.22. The largest absolute Gasteiger partial charge is 0.486 e. The molecule has 7 heteroatoms. The Bertz CT molecular complexity index is 1160. The lowest BCUT2D eigenvalue weighted by Gasteiger charge is -2.11. The molecule has 0 spiro atoms. The van der Waals surface area contributed by atoms with Gasteiger partial charge in [-0.15, -0.1) is 0 Å². The monoisotopic (exact) mass is 514 g/mol. The van der Waals surface area contributed by atoms with Crippen molar-refractivity contribution in [3.63, 3.8) is 0 Å². The smallest absolute Gasteiger partial charge is 0.266 e. The maximum absolute atomic E-state index is 12.5. The Hall–Kier alpha value is -2.78. The van der Waals surface area contributed by atoms with E-state index in [0.717, 1.165) is 15.6 Å². The second kappa shape index (κ2) is 10.5. The van der Waals surface area contributed by atoms with Gasteiger partial charge in [-0.3, -0.25) is 4.79 Å². The van der Waals surface area contributed by atoms with E-state index in [4.69, 9.17) is 27.9 Å². The van der Waals surface area contributed by atoms with Gasteiger partial charge in [-0.05, 0) is 60.5 Å². The molecule has 0 saturated carbocycles. The molecule has 1 N–H and O–H groups in total. The molecule has 0 saturated heterocycles. The average molecular weight is 516 g/mol. The third-order valence-corrected chi connectivity index (χ3v) is 5.35. The predicted molar refractivity (Wildman–Crippen MR) is 128 cm³/mol. The summed E-state index contributed by atoms with van der Waals surface area (Å²) in [5.74, 6) is -0.184. The SMILES string of the molecule is Cc1cccc(COc2c(Cl)cc(/C=C(/C#N)C(=O)Nc3ccc(Br)cc3)cc2Cl)c1. The molecule has 156 valence electrons. The van der Waals surface area contributed by atoms with Crippen LogP contribution in [0.3, 0.4) is 0 Å². The third-order valence-electron chi connectivity index (χ3n) is 4.26. The summed E-state index contributed by atoms with van der Waals surface area (Å²) in [5.41, 5.74) is 3.13. The van der Waals surface area contributed by atoms with Crippen LogP contribution in [0.25, 0.3) is 6.08 Å². The van der Waals surface area contributed by atoms with Crippen LogP contribution in [0.15, 0.2) is 70.7 Å². The van der Waals surface area contributed by atoms with E-state index in [1.807, 2.05) is 37.3 Å². The molecule has 0 aromatic heterocycles. The van der Waals surface area contributed by atoms with E-state index in [1.165, 1.54) is 6.08 Å². The molecule has 3 aromatic rings. The number of hydrogen-bond acceptors (Lipinski definition) is 3. The van der Waals surface area contributed by atoms with Gasteiger partial charge in [0.15, 0.2) is 5.75 Å². The summed E-state index contributed by atoms with van der Waals surface area (Å²) < 4.78 is 6.68. The van der Waals surface area contributed by atoms with Gasteiger partial charge in [0.1, 0.15) is 18.2 Å². The summed E-state index contributed by atoms with van der Waals surface area (Å²) in [6.07, 6.45) is 1.43. The Kier molecular flexibility index (Phi) is 7.75. The summed E-state index contributed by atoms with van der Waals surface area (Å²) in [7, 11) is 0. The highest BCUT2D eigenvalue weighted by Crippen LogP contribution is 2.35. The lowest BCUT2D eigenvalue weighted by atomic mass is 10.1. The standard InChI is InChI=1S/C24H17BrCl2N2O2/c1-15-3-2-4-16(9-15)14-31-23-21(26)11-17(12-22(23)27)10-18(13-28)24(30)29-20-7-5-19(25)6-8-20/h2-12H,14H2,1H3,(H,29,30)/b18-10-. The minimum Gasteiger partial charge on any atom is -0.486 e. The minimum atomic E-state index is -0.531. The van der Waals surface area contributed by atoms with Gasteiger partial charge in [-0.25, -0.2) is 0 Å². The third kappa shape index (κ3) is 6.35. The normalized spacial score (nSPS) is 11.0. The second-order valence-electron chi connectivity index (χ2n) is 6.72. The summed E-state index contributed by atoms with van der Waals surface area (Å²) in [6.45, 7) is 2.32. The molecule has 0 heterocycles. The molecule has 0 aliphatic carbocycles. The van der Waals surface area contributed by atoms with Gasteiger partial charge in [0.05, 0.1) is 10.0 Å². The number of carbonyl (C=O) groups excluding carboxylic acids is 1. The Morgan fingerprint density at radius 3 is 2.42 bits per heavy atom. The summed E-state index contributed by atoms with van der Waals surface area (Å²) in [4.78, 5) is 12.5. The Morgan fingerprint density at radius 2 is 1.81 bits per heavy atom. The van der Waals surface area contributed by atoms with Crippen molar-refractivity contribution < 1.29 is 9.53 Å². The lowest BCUT2D eigenvalue weighted by molar-refractivity contribution is -0.112. The number of amides is 1. The zero-order valence-electron chi connectivity index (χ0n) is 16.5. The van der Waals surface area contributed by atoms with E-state index in [0.29, 0.717) is 23.6 Å². The molecule has 4 nitrogen and oxygen atoms in total. The zero-order valence-corrected chi connectivity index (χ0v) is 19.6. The molecule has 0 atom stereocenters. The van der Waals surface area contributed by atoms with Gasteiger partial charge in [0, 0.05) is 10.2 Å². The maximum atomic E-state index is 12.5. The number of carbonyl (C=O) groups is 1. The topological polar surface area (TPSA) is 62.1 Å². The van der Waals surface area contributed by atoms with Crippen molar-refractivity contribution in [2.24, 2.45) is 0 Å². The van der Waals surface area contributed by atoms with Crippen LogP contribution in [-0.4, -0.2) is 5.91 Å². The number of benzene rings is 3. The van der Waals surface area contributed by atoms with Crippen LogP contribution in [0.4, 0.5) is 5.69 Å². The quantitative estimate of drug-likeness (QED) is 0.279. The first kappa shape index (κ1) is 22.9. The molecule has 0 fully saturated rings. The molecule has 3 aromatic carbocycles. The molecule has 0 radical (unpaired) electrons. The van der Waals surface area contributed by atoms with Crippen molar-refractivity contribution in [3.05, 3.63) is 97.4 Å². The van der Waals surface area contributed by atoms with Crippen molar-refractivity contribution in [1.29, 1.82) is 5.26 Å². The number of rotatable bonds is 6. The summed E-state index contributed by atoms with van der Waals surface area (Å²) >= 11 is 16.0. The fourth-order valence-corrected chi connectivity index (χ4v) is 3.68. The lowest BCUT2D eigenvalue weighted by Crippen LogP contribution is -2.13. The zero-order chi connectivity index (χ0) is 22.4. The van der Waals surface area contributed by atoms with E-state index in [-0.39, 0.29) is 15.6 Å². The number of nitrogens with one attached hydrogen (secondary N) is 1. The van der Waals surface area contributed by atoms with E-state index in [9.17, 15) is 10.1 Å². The average Bonchev–Trinajstić information content (AvgIpc) is 2.73. The van der Waals surface area contributed by atoms with E-state index in [1.54, 1.807) is 36.4 Å². The molecule has 1 amide bonds. The Labute approximate surface area is 199 Å². The predicted octanol–water partition coefficient (Wildman–Crippen LogP) is 7.19. The highest BCUT2D eigenvalue weighted by Gasteiger charge is 2.13. The van der Waals surface area contributed by atoms with Gasteiger partial charge < -0.3 is 10.1 Å². The molecule has 3 rings (SSSR count). The summed E-state index contributed by atoms with van der Waals surface area (Å²) in [5, 5.41) is 12.7. The highest BCUT2D eigenvalue weighted by molar-refractivity contribution is 9.10. The van der Waals surface area contributed by atoms with E-state index in [2.05, 4.69) is 21.2 Å². The number of nitriles is 1. The molecular weight excluding hydrogens is 499 g/mol. The van der Waals surface area contributed by atoms with Crippen LogP contribution in [0.5, 0.6) is 5.75 Å². The first-order chi connectivity index (χ1) is 14.9. The van der Waals surface area contributed by atoms with E-state index >= 15 is 0 Å². The van der Waals surface area contributed by atoms with Gasteiger partial charge in [0.25, 0.3) is 5.91 Å². The first-order valence-corrected chi connectivity index (χ1v) is 10.8. The van der Waals surface area contributed by atoms with Crippen LogP contribution < -0.4 is 10.1 Å². The molecular formula is C24H17BrCl2N2O2. The highest BCUT2D eigenvalue weighted by atomic mass is 79.9. The fourth-order valence-electron chi connectivity index (χ4n) is 2.81. The van der Waals surface area contributed by atoms with Gasteiger partial charge in [-0.2, -0.15) is 5.26 Å². The number of aryl methyl sites for hydroxylation is 1. The van der Waals surface area contributed by atoms with Crippen molar-refractivity contribution >= 4 is 56.8 Å². The van der Waals surface area contributed by atoms with Gasteiger partial charge in [0.2, 0.25) is 0 Å². The molecule has 0 aliphatic rings. The van der Waals surface area contributed by atoms with Gasteiger partial charge >= 0.3 is 0 Å². The number of nitrogens with zero attached hydrogens (tertiary/aromatic N) is 1. The number of ether oxygens (including phenoxy) is 1. The fraction of sp³-hybridized carbons (Fsp3) is 0.0833. The van der Waals surface area contributed by atoms with Crippen molar-refractivity contribution in [2.45, 2.75) is 13.5 Å². The van der Waals surface area contributed by atoms with Crippen LogP contribution in [0.2, 0.25) is 10.0 Å². The van der Waals surface area contributed by atoms with Crippen molar-refractivity contribution in [1.82, 2.24) is 0 Å². The summed E-state index contributed by atoms with van der Waals surface area (Å²) in [6, 6.07) is 20.1. The molecule has 0 unspecified atom stereocenters. The van der Waals surface area contributed by atoms with Crippen LogP contribution in [0.1, 0.15) is 16.7 Å². The molecule has 0 aliphatic heterocycles. The minimum absolute atomic E-state index is 0.0801. The van der Waals surface area contributed by atoms with Crippen molar-refractivity contribution in [3.8, 4) is 11.8 Å². The van der Waals surface area contributed by atoms with Crippen LogP contribution in [-0.2, 0) is 11.4 Å². The second-order valence-corrected chi connectivity index (χ2v) is 8.45. The maximum Gasteiger partial charge on any atom is 0.266 e. The molecule has 31 heavy (non-hydrogen) atoms. The number of anilines is 1.